The standard InChI is InChI=1S/C18H27N3O2/c1-18(2,3)21-17(23)13-8-4-5-10-15(13)20-16(22)11-12-7-6-9-14(12)19/h4-5,8,10,12,14H,6-7,9,11,19H2,1-3H3,(H,20,22)(H,21,23)/t12-,14+/m0/s1. The number of hydrogen-bond acceptors (Lipinski definition) is 3. The van der Waals surface area contributed by atoms with Crippen molar-refractivity contribution in [2.24, 2.45) is 11.7 Å². The minimum Gasteiger partial charge on any atom is -0.347 e. The molecule has 1 aliphatic carbocycles. The van der Waals surface area contributed by atoms with Crippen LogP contribution in [0.4, 0.5) is 5.69 Å². The monoisotopic (exact) mass is 317 g/mol. The van der Waals surface area contributed by atoms with E-state index >= 15 is 0 Å². The van der Waals surface area contributed by atoms with E-state index in [1.54, 1.807) is 18.2 Å². The van der Waals surface area contributed by atoms with E-state index in [0.717, 1.165) is 19.3 Å². The average molecular weight is 317 g/mol. The number of benzene rings is 1. The second kappa shape index (κ2) is 7.13. The Morgan fingerprint density at radius 3 is 2.52 bits per heavy atom. The normalized spacial score (nSPS) is 21.0. The van der Waals surface area contributed by atoms with Gasteiger partial charge >= 0.3 is 0 Å². The second-order valence-electron chi connectivity index (χ2n) is 7.36. The first kappa shape index (κ1) is 17.5. The topological polar surface area (TPSA) is 84.2 Å². The molecule has 5 nitrogen and oxygen atoms in total. The molecule has 1 fully saturated rings. The van der Waals surface area contributed by atoms with Crippen LogP contribution in [-0.2, 0) is 4.79 Å². The van der Waals surface area contributed by atoms with Gasteiger partial charge in [-0.2, -0.15) is 0 Å². The summed E-state index contributed by atoms with van der Waals surface area (Å²) in [6.07, 6.45) is 3.49. The van der Waals surface area contributed by atoms with Crippen molar-refractivity contribution in [2.45, 2.75) is 58.0 Å². The number of rotatable bonds is 4. The number of nitrogens with one attached hydrogen (secondary N) is 2. The maximum atomic E-state index is 12.4. The number of para-hydroxylation sites is 1. The van der Waals surface area contributed by atoms with Gasteiger partial charge in [-0.15, -0.1) is 0 Å². The Balaban J connectivity index is 2.05. The van der Waals surface area contributed by atoms with Gasteiger partial charge in [-0.05, 0) is 51.7 Å². The second-order valence-corrected chi connectivity index (χ2v) is 7.36. The number of hydrogen-bond donors (Lipinski definition) is 3. The molecule has 5 heteroatoms. The van der Waals surface area contributed by atoms with Gasteiger partial charge in [0.1, 0.15) is 0 Å². The molecule has 4 N–H and O–H groups in total. The Hall–Kier alpha value is -1.88. The highest BCUT2D eigenvalue weighted by atomic mass is 16.2. The maximum absolute atomic E-state index is 12.4. The molecule has 2 atom stereocenters. The van der Waals surface area contributed by atoms with Crippen LogP contribution in [0.2, 0.25) is 0 Å². The van der Waals surface area contributed by atoms with Crippen LogP contribution in [0.1, 0.15) is 56.8 Å². The molecule has 2 amide bonds. The molecule has 0 spiro atoms. The first-order chi connectivity index (χ1) is 10.8. The first-order valence-corrected chi connectivity index (χ1v) is 8.23. The van der Waals surface area contributed by atoms with E-state index < -0.39 is 0 Å². The van der Waals surface area contributed by atoms with E-state index in [-0.39, 0.29) is 29.3 Å². The summed E-state index contributed by atoms with van der Waals surface area (Å²) in [5.74, 6) is -0.0279. The zero-order chi connectivity index (χ0) is 17.0. The van der Waals surface area contributed by atoms with Crippen LogP contribution in [0, 0.1) is 5.92 Å². The maximum Gasteiger partial charge on any atom is 0.253 e. The smallest absolute Gasteiger partial charge is 0.253 e. The third-order valence-electron chi connectivity index (χ3n) is 4.10. The predicted molar refractivity (Wildman–Crippen MR) is 92.2 cm³/mol. The number of nitrogens with two attached hydrogens (primary N) is 1. The van der Waals surface area contributed by atoms with Crippen LogP contribution in [0.15, 0.2) is 24.3 Å². The molecule has 1 aromatic carbocycles. The lowest BCUT2D eigenvalue weighted by Crippen LogP contribution is -2.41. The highest BCUT2D eigenvalue weighted by Crippen LogP contribution is 2.27. The highest BCUT2D eigenvalue weighted by Gasteiger charge is 2.26. The van der Waals surface area contributed by atoms with Crippen molar-refractivity contribution in [1.82, 2.24) is 5.32 Å². The molecule has 0 aromatic heterocycles. The van der Waals surface area contributed by atoms with Gasteiger partial charge in [-0.25, -0.2) is 0 Å². The van der Waals surface area contributed by atoms with Crippen LogP contribution in [0.3, 0.4) is 0 Å². The van der Waals surface area contributed by atoms with E-state index in [1.807, 2.05) is 26.8 Å². The lowest BCUT2D eigenvalue weighted by atomic mass is 9.99. The summed E-state index contributed by atoms with van der Waals surface area (Å²) in [6.45, 7) is 5.77. The molecule has 2 rings (SSSR count). The minimum atomic E-state index is -0.329. The Bertz CT molecular complexity index is 578. The Labute approximate surface area is 138 Å². The Kier molecular flexibility index (Phi) is 5.42. The van der Waals surface area contributed by atoms with Crippen LogP contribution < -0.4 is 16.4 Å². The number of anilines is 1. The molecule has 0 unspecified atom stereocenters. The summed E-state index contributed by atoms with van der Waals surface area (Å²) in [6, 6.07) is 7.19. The third kappa shape index (κ3) is 5.06. The molecule has 126 valence electrons. The fourth-order valence-corrected chi connectivity index (χ4v) is 2.96. The molecule has 0 heterocycles. The van der Waals surface area contributed by atoms with Crippen LogP contribution >= 0.6 is 0 Å². The van der Waals surface area contributed by atoms with Crippen LogP contribution in [-0.4, -0.2) is 23.4 Å². The number of carbonyl (C=O) groups is 2. The molecule has 1 aromatic rings. The fourth-order valence-electron chi connectivity index (χ4n) is 2.96. The largest absolute Gasteiger partial charge is 0.347 e. The molecule has 0 radical (unpaired) electrons. The lowest BCUT2D eigenvalue weighted by Gasteiger charge is -2.22. The van der Waals surface area contributed by atoms with Crippen molar-refractivity contribution < 1.29 is 9.59 Å². The minimum absolute atomic E-state index is 0.0802. The molecule has 0 bridgehead atoms. The SMILES string of the molecule is CC(C)(C)NC(=O)c1ccccc1NC(=O)C[C@@H]1CCC[C@H]1N. The van der Waals surface area contributed by atoms with E-state index in [2.05, 4.69) is 10.6 Å². The van der Waals surface area contributed by atoms with Crippen molar-refractivity contribution in [1.29, 1.82) is 0 Å². The number of amides is 2. The summed E-state index contributed by atoms with van der Waals surface area (Å²) in [4.78, 5) is 24.7. The molecule has 0 aliphatic heterocycles. The molecule has 1 saturated carbocycles. The zero-order valence-corrected chi connectivity index (χ0v) is 14.2. The summed E-state index contributed by atoms with van der Waals surface area (Å²) < 4.78 is 0. The van der Waals surface area contributed by atoms with Crippen molar-refractivity contribution in [2.75, 3.05) is 5.32 Å². The van der Waals surface area contributed by atoms with Gasteiger partial charge < -0.3 is 16.4 Å². The highest BCUT2D eigenvalue weighted by molar-refractivity contribution is 6.04. The van der Waals surface area contributed by atoms with E-state index in [1.165, 1.54) is 0 Å². The van der Waals surface area contributed by atoms with Gasteiger partial charge in [-0.1, -0.05) is 18.6 Å². The van der Waals surface area contributed by atoms with Gasteiger partial charge in [0.2, 0.25) is 5.91 Å². The van der Waals surface area contributed by atoms with Crippen molar-refractivity contribution in [3.8, 4) is 0 Å². The van der Waals surface area contributed by atoms with Gasteiger partial charge in [0, 0.05) is 18.0 Å². The predicted octanol–water partition coefficient (Wildman–Crippen LogP) is 2.67. The van der Waals surface area contributed by atoms with Gasteiger partial charge in [0.25, 0.3) is 5.91 Å². The quantitative estimate of drug-likeness (QED) is 0.798. The fraction of sp³-hybridized carbons (Fsp3) is 0.556. The lowest BCUT2D eigenvalue weighted by molar-refractivity contribution is -0.117. The summed E-state index contributed by atoms with van der Waals surface area (Å²) in [7, 11) is 0. The third-order valence-corrected chi connectivity index (χ3v) is 4.10. The van der Waals surface area contributed by atoms with Crippen LogP contribution in [0.25, 0.3) is 0 Å². The van der Waals surface area contributed by atoms with E-state index in [9.17, 15) is 9.59 Å². The first-order valence-electron chi connectivity index (χ1n) is 8.23. The molecule has 1 aliphatic rings. The molecule has 23 heavy (non-hydrogen) atoms. The molecule has 0 saturated heterocycles. The van der Waals surface area contributed by atoms with E-state index in [4.69, 9.17) is 5.73 Å². The Morgan fingerprint density at radius 2 is 1.91 bits per heavy atom. The van der Waals surface area contributed by atoms with Gasteiger partial charge in [-0.3, -0.25) is 9.59 Å². The molecular weight excluding hydrogens is 290 g/mol. The van der Waals surface area contributed by atoms with Gasteiger partial charge in [0.15, 0.2) is 0 Å². The Morgan fingerprint density at radius 1 is 1.22 bits per heavy atom. The summed E-state index contributed by atoms with van der Waals surface area (Å²) >= 11 is 0. The van der Waals surface area contributed by atoms with E-state index in [0.29, 0.717) is 17.7 Å². The van der Waals surface area contributed by atoms with Crippen LogP contribution in [0.5, 0.6) is 0 Å². The van der Waals surface area contributed by atoms with Crippen molar-refractivity contribution >= 4 is 17.5 Å². The summed E-state index contributed by atoms with van der Waals surface area (Å²) in [5, 5.41) is 5.79. The number of carbonyl (C=O) groups excluding carboxylic acids is 2. The summed E-state index contributed by atoms with van der Waals surface area (Å²) in [5.41, 5.74) is 6.72. The molecular formula is C18H27N3O2. The van der Waals surface area contributed by atoms with Crippen molar-refractivity contribution in [3.05, 3.63) is 29.8 Å². The average Bonchev–Trinajstić information content (AvgIpc) is 2.82. The van der Waals surface area contributed by atoms with Crippen molar-refractivity contribution in [3.63, 3.8) is 0 Å². The zero-order valence-electron chi connectivity index (χ0n) is 14.2. The van der Waals surface area contributed by atoms with Gasteiger partial charge in [0.05, 0.1) is 11.3 Å².